The average molecular weight is 870 g/mol. The number of allylic oxidation sites excluding steroid dienone is 3. The normalized spacial score (nSPS) is 12.5. The lowest BCUT2D eigenvalue weighted by Crippen LogP contribution is -2.25. The lowest BCUT2D eigenvalue weighted by atomic mass is 9.98. The Bertz CT molecular complexity index is 2080. The summed E-state index contributed by atoms with van der Waals surface area (Å²) in [5.74, 6) is 0.263. The van der Waals surface area contributed by atoms with Crippen LogP contribution < -0.4 is 26.6 Å². The predicted octanol–water partition coefficient (Wildman–Crippen LogP) is 9.94. The van der Waals surface area contributed by atoms with E-state index in [1.165, 1.54) is 25.3 Å². The molecule has 0 saturated carbocycles. The number of hydrogen-bond acceptors (Lipinski definition) is 10. The summed E-state index contributed by atoms with van der Waals surface area (Å²) in [5.41, 5.74) is 8.99. The van der Waals surface area contributed by atoms with Crippen LogP contribution >= 0.6 is 11.9 Å². The quantitative estimate of drug-likeness (QED) is 0.0374. The Balaban J connectivity index is 0.000000894. The second-order valence-electron chi connectivity index (χ2n) is 14.0. The number of aryl methyl sites for hydroxylation is 1. The third kappa shape index (κ3) is 16.7. The Hall–Kier alpha value is -5.59. The largest absolute Gasteiger partial charge is 0.399 e. The molecule has 0 spiro atoms. The van der Waals surface area contributed by atoms with Crippen molar-refractivity contribution in [3.63, 3.8) is 0 Å². The van der Waals surface area contributed by atoms with Crippen molar-refractivity contribution in [1.82, 2.24) is 24.5 Å². The van der Waals surface area contributed by atoms with Gasteiger partial charge in [0, 0.05) is 65.7 Å². The summed E-state index contributed by atoms with van der Waals surface area (Å²) in [4.78, 5) is 39.5. The topological polar surface area (TPSA) is 132 Å². The summed E-state index contributed by atoms with van der Waals surface area (Å²) < 4.78 is 32.5. The third-order valence-electron chi connectivity index (χ3n) is 8.99. The second-order valence-corrected chi connectivity index (χ2v) is 15.2. The predicted molar refractivity (Wildman–Crippen MR) is 255 cm³/mol. The van der Waals surface area contributed by atoms with Gasteiger partial charge in [-0.25, -0.2) is 18.1 Å². The molecular weight excluding hydrogens is 805 g/mol. The number of benzene rings is 3. The van der Waals surface area contributed by atoms with Crippen molar-refractivity contribution in [2.75, 3.05) is 62.9 Å². The van der Waals surface area contributed by atoms with Crippen molar-refractivity contribution < 1.29 is 18.4 Å². The zero-order valence-corrected chi connectivity index (χ0v) is 38.6. The molecule has 11 nitrogen and oxygen atoms in total. The number of nitrogens with one attached hydrogen (secondary N) is 3. The molecule has 1 aliphatic heterocycles. The molecule has 0 bridgehead atoms. The summed E-state index contributed by atoms with van der Waals surface area (Å²) in [6.45, 7) is 15.0. The molecule has 0 aliphatic carbocycles. The highest BCUT2D eigenvalue weighted by Crippen LogP contribution is 2.37. The van der Waals surface area contributed by atoms with E-state index >= 15 is 8.78 Å². The highest BCUT2D eigenvalue weighted by Gasteiger charge is 2.26. The molecular formula is C48H65F2N9O2S. The molecule has 2 heterocycles. The highest BCUT2D eigenvalue weighted by molar-refractivity contribution is 7.97. The number of terminal acetylenes is 1. The van der Waals surface area contributed by atoms with E-state index < -0.39 is 17.3 Å². The van der Waals surface area contributed by atoms with E-state index in [9.17, 15) is 9.59 Å². The number of anilines is 4. The fraction of sp³-hybridized carbons (Fsp3) is 0.375. The van der Waals surface area contributed by atoms with Crippen LogP contribution in [0, 0.1) is 30.9 Å². The number of halogens is 2. The molecule has 5 rings (SSSR count). The van der Waals surface area contributed by atoms with Gasteiger partial charge >= 0.3 is 0 Å². The van der Waals surface area contributed by atoms with Crippen molar-refractivity contribution in [2.45, 2.75) is 78.7 Å². The number of carbonyl (C=O) groups is 2. The van der Waals surface area contributed by atoms with E-state index in [0.29, 0.717) is 47.6 Å². The molecule has 2 amide bonds. The number of amides is 2. The molecule has 3 aromatic carbocycles. The van der Waals surface area contributed by atoms with Crippen LogP contribution in [0.1, 0.15) is 81.8 Å². The first-order valence-corrected chi connectivity index (χ1v) is 21.7. The van der Waals surface area contributed by atoms with Crippen molar-refractivity contribution >= 4 is 47.4 Å². The maximum absolute atomic E-state index is 15.1. The van der Waals surface area contributed by atoms with Gasteiger partial charge in [-0.3, -0.25) is 14.5 Å². The van der Waals surface area contributed by atoms with Gasteiger partial charge in [-0.15, -0.1) is 12.3 Å². The van der Waals surface area contributed by atoms with Crippen molar-refractivity contribution in [2.24, 2.45) is 5.73 Å². The first-order valence-electron chi connectivity index (χ1n) is 20.9. The summed E-state index contributed by atoms with van der Waals surface area (Å²) in [6.07, 6.45) is 15.5. The Morgan fingerprint density at radius 3 is 2.24 bits per heavy atom. The van der Waals surface area contributed by atoms with Crippen LogP contribution in [0.5, 0.6) is 0 Å². The summed E-state index contributed by atoms with van der Waals surface area (Å²) >= 11 is 1.74. The van der Waals surface area contributed by atoms with Gasteiger partial charge in [0.2, 0.25) is 12.4 Å². The molecule has 334 valence electrons. The van der Waals surface area contributed by atoms with Crippen molar-refractivity contribution in [1.29, 1.82) is 0 Å². The zero-order chi connectivity index (χ0) is 46.0. The maximum atomic E-state index is 15.1. The van der Waals surface area contributed by atoms with Gasteiger partial charge in [-0.1, -0.05) is 51.5 Å². The minimum absolute atomic E-state index is 0.00229. The van der Waals surface area contributed by atoms with Gasteiger partial charge < -0.3 is 26.6 Å². The molecule has 1 fully saturated rings. The summed E-state index contributed by atoms with van der Waals surface area (Å²) in [6, 6.07) is 16.5. The second kappa shape index (κ2) is 28.8. The van der Waals surface area contributed by atoms with Crippen LogP contribution in [0.2, 0.25) is 0 Å². The van der Waals surface area contributed by atoms with E-state index in [1.807, 2.05) is 95.3 Å². The number of hydrogen-bond donors (Lipinski definition) is 4. The number of nitrogens with zero attached hydrogens (tertiary/aromatic N) is 5. The van der Waals surface area contributed by atoms with E-state index in [0.717, 1.165) is 52.7 Å². The summed E-state index contributed by atoms with van der Waals surface area (Å²) in [5, 5.41) is 9.23. The van der Waals surface area contributed by atoms with Crippen LogP contribution in [-0.4, -0.2) is 78.8 Å². The number of piperidine rings is 1. The van der Waals surface area contributed by atoms with Crippen LogP contribution in [-0.2, 0) is 11.3 Å². The first kappa shape index (κ1) is 52.5. The van der Waals surface area contributed by atoms with E-state index in [2.05, 4.69) is 44.5 Å². The number of para-hydroxylation sites is 1. The molecule has 14 heteroatoms. The maximum Gasteiger partial charge on any atom is 0.255 e. The number of likely N-dealkylation sites (N-methyl/N-ethyl adjacent to an activating group) is 1. The molecule has 1 aliphatic rings. The van der Waals surface area contributed by atoms with Gasteiger partial charge in [-0.05, 0) is 133 Å². The van der Waals surface area contributed by atoms with Crippen LogP contribution in [0.25, 0.3) is 11.3 Å². The third-order valence-corrected chi connectivity index (χ3v) is 10.1. The Labute approximate surface area is 372 Å². The number of aromatic nitrogens is 2. The SMILES string of the molecule is C#CC.C/C=C(N)\C=C/CC.CC.CNCc1c(-c2cc(C(=O)Nc3ccc(SN4CCCCC4)cc3)ccc2C)nc(NCCN(C)C)nc1N(C=O)c1c(F)cccc1F. The van der Waals surface area contributed by atoms with E-state index in [-0.39, 0.29) is 24.2 Å². The van der Waals surface area contributed by atoms with Crippen LogP contribution in [0.15, 0.2) is 89.5 Å². The van der Waals surface area contributed by atoms with Gasteiger partial charge in [0.25, 0.3) is 5.91 Å². The van der Waals surface area contributed by atoms with E-state index in [4.69, 9.17) is 10.7 Å². The number of carbonyl (C=O) groups excluding carboxylic acids is 2. The molecule has 0 radical (unpaired) electrons. The zero-order valence-electron chi connectivity index (χ0n) is 37.8. The smallest absolute Gasteiger partial charge is 0.255 e. The monoisotopic (exact) mass is 869 g/mol. The number of nitrogens with two attached hydrogens (primary N) is 1. The van der Waals surface area contributed by atoms with Gasteiger partial charge in [-0.2, -0.15) is 4.98 Å². The molecule has 0 atom stereocenters. The standard InChI is InChI=1S/C36H42F2N8O2S.C7H13N.C3H4.C2H6/c1-24-11-12-25(35(48)41-26-13-15-27(16-14-26)49-45-18-6-5-7-19-45)21-28(24)32-29(22-39-2)34(43-36(42-32)40-17-20-44(3)4)46(23-47)33-30(37)9-8-10-31(33)38;1-3-5-6-7(8)4-2;1-3-2;1-2/h8-16,21,23,39H,5-7,17-20,22H2,1-4H3,(H,41,48)(H,40,42,43);4-6H,3,8H2,1-2H3;1H,2H3;1-2H3/b;6-5-,7-4+;;. The highest BCUT2D eigenvalue weighted by atomic mass is 32.2. The molecule has 1 saturated heterocycles. The average Bonchev–Trinajstić information content (AvgIpc) is 3.27. The van der Waals surface area contributed by atoms with Gasteiger partial charge in [0.15, 0.2) is 5.82 Å². The minimum atomic E-state index is -0.919. The Morgan fingerprint density at radius 2 is 1.68 bits per heavy atom. The summed E-state index contributed by atoms with van der Waals surface area (Å²) in [7, 11) is 5.56. The first-order chi connectivity index (χ1) is 29.9. The fourth-order valence-corrected chi connectivity index (χ4v) is 6.90. The molecule has 4 aromatic rings. The lowest BCUT2D eigenvalue weighted by Gasteiger charge is -2.25. The van der Waals surface area contributed by atoms with Crippen LogP contribution in [0.4, 0.5) is 31.9 Å². The molecule has 1 aromatic heterocycles. The van der Waals surface area contributed by atoms with Gasteiger partial charge in [0.1, 0.15) is 17.3 Å². The van der Waals surface area contributed by atoms with E-state index in [1.54, 1.807) is 38.1 Å². The molecule has 5 N–H and O–H groups in total. The van der Waals surface area contributed by atoms with Gasteiger partial charge in [0.05, 0.1) is 5.69 Å². The molecule has 62 heavy (non-hydrogen) atoms. The Kier molecular flexibility index (Phi) is 24.4. The van der Waals surface area contributed by atoms with Crippen LogP contribution in [0.3, 0.4) is 0 Å². The van der Waals surface area contributed by atoms with Crippen molar-refractivity contribution in [3.8, 4) is 23.6 Å². The lowest BCUT2D eigenvalue weighted by molar-refractivity contribution is -0.106. The minimum Gasteiger partial charge on any atom is -0.399 e. The molecule has 0 unspecified atom stereocenters. The fourth-order valence-electron chi connectivity index (χ4n) is 5.91. The Morgan fingerprint density at radius 1 is 1.03 bits per heavy atom. The van der Waals surface area contributed by atoms with Crippen molar-refractivity contribution in [3.05, 3.63) is 113 Å². The number of rotatable bonds is 16.